The van der Waals surface area contributed by atoms with Crippen molar-refractivity contribution in [2.24, 2.45) is 0 Å². The monoisotopic (exact) mass is 338 g/mol. The maximum absolute atomic E-state index is 12.4. The quantitative estimate of drug-likeness (QED) is 0.775. The maximum atomic E-state index is 12.4. The third-order valence-electron chi connectivity index (χ3n) is 3.42. The number of halogens is 1. The Labute approximate surface area is 142 Å². The molecule has 0 fully saturated rings. The minimum absolute atomic E-state index is 0. The van der Waals surface area contributed by atoms with E-state index in [1.54, 1.807) is 17.0 Å². The molecule has 0 aliphatic heterocycles. The van der Waals surface area contributed by atoms with E-state index in [4.69, 9.17) is 4.42 Å². The van der Waals surface area contributed by atoms with Crippen LogP contribution in [0.2, 0.25) is 0 Å². The van der Waals surface area contributed by atoms with Crippen LogP contribution < -0.4 is 5.32 Å². The van der Waals surface area contributed by atoms with Crippen molar-refractivity contribution < 1.29 is 14.3 Å². The third kappa shape index (κ3) is 6.06. The summed E-state index contributed by atoms with van der Waals surface area (Å²) in [6.45, 7) is 1.30. The van der Waals surface area contributed by atoms with Crippen LogP contribution >= 0.6 is 12.4 Å². The molecule has 0 saturated carbocycles. The van der Waals surface area contributed by atoms with Gasteiger partial charge in [-0.3, -0.25) is 4.79 Å². The molecule has 0 bridgehead atoms. The Bertz CT molecular complexity index is 560. The molecule has 0 radical (unpaired) electrons. The van der Waals surface area contributed by atoms with Crippen LogP contribution in [0.15, 0.2) is 53.1 Å². The van der Waals surface area contributed by atoms with E-state index in [2.05, 4.69) is 5.32 Å². The average molecular weight is 339 g/mol. The van der Waals surface area contributed by atoms with Crippen LogP contribution in [0.5, 0.6) is 0 Å². The summed E-state index contributed by atoms with van der Waals surface area (Å²) in [5, 5.41) is 13.2. The minimum Gasteiger partial charge on any atom is -0.467 e. The summed E-state index contributed by atoms with van der Waals surface area (Å²) in [6.07, 6.45) is 1.09. The number of carbonyl (C=O) groups excluding carboxylic acids is 1. The molecule has 5 nitrogen and oxygen atoms in total. The van der Waals surface area contributed by atoms with E-state index >= 15 is 0 Å². The lowest BCUT2D eigenvalue weighted by atomic mass is 10.1. The molecule has 2 rings (SSSR count). The van der Waals surface area contributed by atoms with Crippen molar-refractivity contribution in [2.75, 3.05) is 20.1 Å². The van der Waals surface area contributed by atoms with Gasteiger partial charge >= 0.3 is 0 Å². The van der Waals surface area contributed by atoms with Gasteiger partial charge in [0.15, 0.2) is 0 Å². The molecule has 1 amide bonds. The Morgan fingerprint density at radius 2 is 2.00 bits per heavy atom. The molecular weight excluding hydrogens is 316 g/mol. The molecule has 1 aromatic carbocycles. The van der Waals surface area contributed by atoms with E-state index in [1.165, 1.54) is 6.26 Å². The average Bonchev–Trinajstić information content (AvgIpc) is 3.07. The molecule has 1 atom stereocenters. The predicted octanol–water partition coefficient (Wildman–Crippen LogP) is 2.37. The van der Waals surface area contributed by atoms with Gasteiger partial charge < -0.3 is 19.7 Å². The van der Waals surface area contributed by atoms with E-state index in [-0.39, 0.29) is 24.9 Å². The summed E-state index contributed by atoms with van der Waals surface area (Å²) in [4.78, 5) is 14.0. The summed E-state index contributed by atoms with van der Waals surface area (Å²) < 4.78 is 5.21. The second-order valence-corrected chi connectivity index (χ2v) is 5.14. The van der Waals surface area contributed by atoms with Crippen LogP contribution in [0.3, 0.4) is 0 Å². The number of aliphatic hydroxyl groups excluding tert-OH is 1. The van der Waals surface area contributed by atoms with Gasteiger partial charge in [0.25, 0.3) is 0 Å². The van der Waals surface area contributed by atoms with Crippen LogP contribution in [-0.2, 0) is 11.3 Å². The Balaban J connectivity index is 0.00000264. The third-order valence-corrected chi connectivity index (χ3v) is 3.42. The number of rotatable bonds is 8. The lowest BCUT2D eigenvalue weighted by Gasteiger charge is -2.25. The molecule has 0 aliphatic rings. The first-order valence-electron chi connectivity index (χ1n) is 7.38. The van der Waals surface area contributed by atoms with Crippen molar-refractivity contribution in [1.82, 2.24) is 10.2 Å². The van der Waals surface area contributed by atoms with Gasteiger partial charge in [-0.15, -0.1) is 12.4 Å². The number of hydrogen-bond donors (Lipinski definition) is 2. The van der Waals surface area contributed by atoms with Crippen molar-refractivity contribution in [3.8, 4) is 0 Å². The van der Waals surface area contributed by atoms with E-state index in [1.807, 2.05) is 37.4 Å². The van der Waals surface area contributed by atoms with Gasteiger partial charge in [0, 0.05) is 19.5 Å². The zero-order valence-electron chi connectivity index (χ0n) is 13.1. The summed E-state index contributed by atoms with van der Waals surface area (Å²) in [7, 11) is 1.81. The fraction of sp³-hybridized carbons (Fsp3) is 0.353. The summed E-state index contributed by atoms with van der Waals surface area (Å²) >= 11 is 0. The number of amides is 1. The zero-order valence-corrected chi connectivity index (χ0v) is 14.0. The van der Waals surface area contributed by atoms with Gasteiger partial charge in [-0.25, -0.2) is 0 Å². The van der Waals surface area contributed by atoms with Crippen LogP contribution in [0.4, 0.5) is 0 Å². The highest BCUT2D eigenvalue weighted by Crippen LogP contribution is 2.17. The van der Waals surface area contributed by atoms with E-state index in [9.17, 15) is 9.90 Å². The Hall–Kier alpha value is -1.82. The van der Waals surface area contributed by atoms with Gasteiger partial charge in [-0.05, 0) is 24.7 Å². The van der Waals surface area contributed by atoms with Gasteiger partial charge in [-0.2, -0.15) is 0 Å². The van der Waals surface area contributed by atoms with E-state index in [0.717, 1.165) is 5.56 Å². The number of hydrogen-bond acceptors (Lipinski definition) is 4. The fourth-order valence-corrected chi connectivity index (χ4v) is 2.23. The first-order valence-corrected chi connectivity index (χ1v) is 7.38. The fourth-order valence-electron chi connectivity index (χ4n) is 2.23. The van der Waals surface area contributed by atoms with E-state index < -0.39 is 6.10 Å². The van der Waals surface area contributed by atoms with Crippen LogP contribution in [0, 0.1) is 0 Å². The predicted molar refractivity (Wildman–Crippen MR) is 91.3 cm³/mol. The smallest absolute Gasteiger partial charge is 0.224 e. The lowest BCUT2D eigenvalue weighted by molar-refractivity contribution is -0.133. The van der Waals surface area contributed by atoms with Crippen LogP contribution in [0.25, 0.3) is 0 Å². The molecule has 0 aliphatic carbocycles. The topological polar surface area (TPSA) is 65.7 Å². The number of nitrogens with one attached hydrogen (secondary N) is 1. The Kier molecular flexibility index (Phi) is 8.40. The highest BCUT2D eigenvalue weighted by molar-refractivity contribution is 5.85. The first-order chi connectivity index (χ1) is 10.7. The second kappa shape index (κ2) is 10.0. The Morgan fingerprint density at radius 1 is 1.26 bits per heavy atom. The van der Waals surface area contributed by atoms with Crippen molar-refractivity contribution >= 4 is 18.3 Å². The highest BCUT2D eigenvalue weighted by atomic mass is 35.5. The highest BCUT2D eigenvalue weighted by Gasteiger charge is 2.20. The van der Waals surface area contributed by atoms with Crippen molar-refractivity contribution in [3.63, 3.8) is 0 Å². The summed E-state index contributed by atoms with van der Waals surface area (Å²) in [6, 6.07) is 13.2. The number of carbonyl (C=O) groups is 1. The molecule has 126 valence electrons. The maximum Gasteiger partial charge on any atom is 0.224 e. The van der Waals surface area contributed by atoms with Crippen molar-refractivity contribution in [1.29, 1.82) is 0 Å². The standard InChI is InChI=1S/C17H22N2O3.ClH/c1-18-10-9-17(21)19(12-14-6-3-2-4-7-14)13-15(20)16-8-5-11-22-16;/h2-8,11,15,18,20H,9-10,12-13H2,1H3;1H. The molecule has 0 spiro atoms. The molecule has 0 saturated heterocycles. The lowest BCUT2D eigenvalue weighted by Crippen LogP contribution is -2.35. The number of benzene rings is 1. The van der Waals surface area contributed by atoms with Gasteiger partial charge in [-0.1, -0.05) is 30.3 Å². The zero-order chi connectivity index (χ0) is 15.8. The van der Waals surface area contributed by atoms with Gasteiger partial charge in [0.05, 0.1) is 12.8 Å². The van der Waals surface area contributed by atoms with Gasteiger partial charge in [0.2, 0.25) is 5.91 Å². The molecule has 2 N–H and O–H groups in total. The normalized spacial score (nSPS) is 11.6. The minimum atomic E-state index is -0.822. The summed E-state index contributed by atoms with van der Waals surface area (Å²) in [5.74, 6) is 0.475. The summed E-state index contributed by atoms with van der Waals surface area (Å²) in [5.41, 5.74) is 1.03. The van der Waals surface area contributed by atoms with Crippen LogP contribution in [-0.4, -0.2) is 36.1 Å². The largest absolute Gasteiger partial charge is 0.467 e. The molecular formula is C17H23ClN2O3. The molecule has 1 heterocycles. The van der Waals surface area contributed by atoms with Crippen molar-refractivity contribution in [2.45, 2.75) is 19.1 Å². The first kappa shape index (κ1) is 19.2. The molecule has 6 heteroatoms. The number of nitrogens with zero attached hydrogens (tertiary/aromatic N) is 1. The van der Waals surface area contributed by atoms with Crippen LogP contribution in [0.1, 0.15) is 23.8 Å². The van der Waals surface area contributed by atoms with E-state index in [0.29, 0.717) is 25.3 Å². The number of furan rings is 1. The molecule has 1 unspecified atom stereocenters. The Morgan fingerprint density at radius 3 is 2.61 bits per heavy atom. The molecule has 2 aromatic rings. The molecule has 23 heavy (non-hydrogen) atoms. The number of aliphatic hydroxyl groups is 1. The molecule has 1 aromatic heterocycles. The van der Waals surface area contributed by atoms with Crippen molar-refractivity contribution in [3.05, 3.63) is 60.1 Å². The van der Waals surface area contributed by atoms with Gasteiger partial charge in [0.1, 0.15) is 11.9 Å². The second-order valence-electron chi connectivity index (χ2n) is 5.14. The SMILES string of the molecule is CNCCC(=O)N(Cc1ccccc1)CC(O)c1ccco1.Cl.